The Hall–Kier alpha value is -4.42. The van der Waals surface area contributed by atoms with Crippen LogP contribution < -0.4 is 21.8 Å². The van der Waals surface area contributed by atoms with Gasteiger partial charge in [-0.05, 0) is 25.3 Å². The molecule has 1 aromatic rings. The second-order valence-electron chi connectivity index (χ2n) is 8.11. The maximum atomic E-state index is 12.9. The van der Waals surface area contributed by atoms with Crippen molar-refractivity contribution in [1.82, 2.24) is 21.1 Å². The lowest BCUT2D eigenvalue weighted by atomic mass is 10.0. The molecule has 0 bridgehead atoms. The number of carbonyl (C=O) groups excluding carboxylic acids is 6. The lowest BCUT2D eigenvalue weighted by Gasteiger charge is -2.27. The van der Waals surface area contributed by atoms with E-state index in [2.05, 4.69) is 20.8 Å². The van der Waals surface area contributed by atoms with E-state index in [9.17, 15) is 28.8 Å². The number of nitrogens with two attached hydrogens (primary N) is 1. The summed E-state index contributed by atoms with van der Waals surface area (Å²) in [6, 6.07) is 6.72. The molecule has 37 heavy (non-hydrogen) atoms. The van der Waals surface area contributed by atoms with Crippen molar-refractivity contribution >= 4 is 35.7 Å². The molecule has 1 aromatic carbocycles. The van der Waals surface area contributed by atoms with E-state index in [1.807, 2.05) is 6.07 Å². The predicted octanol–water partition coefficient (Wildman–Crippen LogP) is -0.0935. The maximum absolute atomic E-state index is 12.9. The summed E-state index contributed by atoms with van der Waals surface area (Å²) < 4.78 is 9.76. The average Bonchev–Trinajstić information content (AvgIpc) is 2.84. The van der Waals surface area contributed by atoms with Crippen LogP contribution in [0.3, 0.4) is 0 Å². The molecular formula is C24H33N5O8. The minimum Gasteiger partial charge on any atom is -0.463 e. The monoisotopic (exact) mass is 519 g/mol. The second-order valence-corrected chi connectivity index (χ2v) is 8.11. The first-order chi connectivity index (χ1) is 17.4. The number of hydrazine groups is 1. The van der Waals surface area contributed by atoms with Gasteiger partial charge in [-0.3, -0.25) is 24.6 Å². The van der Waals surface area contributed by atoms with Crippen LogP contribution in [0.4, 0.5) is 4.79 Å². The Kier molecular flexibility index (Phi) is 12.9. The molecule has 0 radical (unpaired) electrons. The molecule has 13 nitrogen and oxygen atoms in total. The molecule has 0 aliphatic rings. The van der Waals surface area contributed by atoms with E-state index in [-0.39, 0.29) is 13.2 Å². The summed E-state index contributed by atoms with van der Waals surface area (Å²) in [6.45, 7) is 5.66. The van der Waals surface area contributed by atoms with E-state index in [0.29, 0.717) is 5.01 Å². The molecule has 5 N–H and O–H groups in total. The number of hydrogen-bond acceptors (Lipinski definition) is 8. The summed E-state index contributed by atoms with van der Waals surface area (Å²) in [5.41, 5.74) is 8.14. The number of rotatable bonds is 12. The van der Waals surface area contributed by atoms with Gasteiger partial charge in [-0.1, -0.05) is 44.2 Å². The zero-order chi connectivity index (χ0) is 28.0. The van der Waals surface area contributed by atoms with Crippen LogP contribution in [0.2, 0.25) is 0 Å². The minimum atomic E-state index is -1.16. The molecule has 0 saturated carbocycles. The lowest BCUT2D eigenvalue weighted by molar-refractivity contribution is -0.143. The van der Waals surface area contributed by atoms with Crippen molar-refractivity contribution in [3.05, 3.63) is 48.0 Å². The van der Waals surface area contributed by atoms with Crippen molar-refractivity contribution in [2.75, 3.05) is 13.2 Å². The van der Waals surface area contributed by atoms with Gasteiger partial charge in [0.1, 0.15) is 25.2 Å². The molecule has 0 aromatic heterocycles. The second kappa shape index (κ2) is 15.5. The minimum absolute atomic E-state index is 0.00633. The van der Waals surface area contributed by atoms with Crippen molar-refractivity contribution < 1.29 is 38.2 Å². The van der Waals surface area contributed by atoms with E-state index in [4.69, 9.17) is 10.5 Å². The van der Waals surface area contributed by atoms with Crippen molar-refractivity contribution in [2.45, 2.75) is 46.4 Å². The molecule has 0 saturated heterocycles. The quantitative estimate of drug-likeness (QED) is 0.167. The normalized spacial score (nSPS) is 12.2. The first kappa shape index (κ1) is 30.6. The Morgan fingerprint density at radius 3 is 2.16 bits per heavy atom. The zero-order valence-electron chi connectivity index (χ0n) is 21.2. The number of hydrogen-bond donors (Lipinski definition) is 4. The van der Waals surface area contributed by atoms with Gasteiger partial charge in [0, 0.05) is 12.2 Å². The molecule has 202 valence electrons. The predicted molar refractivity (Wildman–Crippen MR) is 131 cm³/mol. The van der Waals surface area contributed by atoms with Gasteiger partial charge in [0.05, 0.1) is 6.61 Å². The number of amides is 5. The van der Waals surface area contributed by atoms with E-state index in [1.165, 1.54) is 6.92 Å². The van der Waals surface area contributed by atoms with Gasteiger partial charge in [0.2, 0.25) is 11.8 Å². The van der Waals surface area contributed by atoms with Gasteiger partial charge in [0.15, 0.2) is 0 Å². The standard InChI is InChI=1S/C24H33N5O8/c1-5-36-20(32)12-11-19(31)29(13-18(25)30)28-23(34)21(15(2)3)27-22(33)16(4)26-24(35)37-14-17-9-7-6-8-10-17/h6-12,15-16,21H,5,13-14H2,1-4H3,(H2,25,30)(H,26,35)(H,27,33)(H,28,34)/b12-11+/t16-,21+/m1/s1. The van der Waals surface area contributed by atoms with Crippen LogP contribution in [-0.4, -0.2) is 65.9 Å². The topological polar surface area (TPSA) is 186 Å². The van der Waals surface area contributed by atoms with Crippen molar-refractivity contribution in [3.8, 4) is 0 Å². The fourth-order valence-corrected chi connectivity index (χ4v) is 2.77. The number of primary amides is 1. The molecule has 13 heteroatoms. The smallest absolute Gasteiger partial charge is 0.408 e. The van der Waals surface area contributed by atoms with Crippen LogP contribution in [0.15, 0.2) is 42.5 Å². The highest BCUT2D eigenvalue weighted by atomic mass is 16.5. The number of benzene rings is 1. The van der Waals surface area contributed by atoms with Crippen LogP contribution in [0.5, 0.6) is 0 Å². The summed E-state index contributed by atoms with van der Waals surface area (Å²) in [5, 5.41) is 5.47. The highest BCUT2D eigenvalue weighted by molar-refractivity contribution is 5.98. The maximum Gasteiger partial charge on any atom is 0.408 e. The highest BCUT2D eigenvalue weighted by Gasteiger charge is 2.29. The van der Waals surface area contributed by atoms with E-state index in [1.54, 1.807) is 45.0 Å². The largest absolute Gasteiger partial charge is 0.463 e. The van der Waals surface area contributed by atoms with Gasteiger partial charge >= 0.3 is 12.1 Å². The Bertz CT molecular complexity index is 996. The van der Waals surface area contributed by atoms with E-state index < -0.39 is 60.2 Å². The van der Waals surface area contributed by atoms with Gasteiger partial charge in [-0.2, -0.15) is 0 Å². The van der Waals surface area contributed by atoms with Crippen molar-refractivity contribution in [2.24, 2.45) is 11.7 Å². The summed E-state index contributed by atoms with van der Waals surface area (Å²) in [5.74, 6) is -4.64. The summed E-state index contributed by atoms with van der Waals surface area (Å²) in [4.78, 5) is 72.8. The van der Waals surface area contributed by atoms with Crippen LogP contribution in [0, 0.1) is 5.92 Å². The zero-order valence-corrected chi connectivity index (χ0v) is 21.2. The van der Waals surface area contributed by atoms with E-state index >= 15 is 0 Å². The van der Waals surface area contributed by atoms with Gasteiger partial charge in [-0.15, -0.1) is 0 Å². The van der Waals surface area contributed by atoms with Crippen LogP contribution in [0.1, 0.15) is 33.3 Å². The SMILES string of the molecule is CCOC(=O)/C=C/C(=O)N(CC(N)=O)NC(=O)[C@@H](NC(=O)[C@@H](C)NC(=O)OCc1ccccc1)C(C)C. The van der Waals surface area contributed by atoms with E-state index in [0.717, 1.165) is 17.7 Å². The summed E-state index contributed by atoms with van der Waals surface area (Å²) >= 11 is 0. The van der Waals surface area contributed by atoms with Crippen molar-refractivity contribution in [3.63, 3.8) is 0 Å². The Morgan fingerprint density at radius 2 is 1.59 bits per heavy atom. The van der Waals surface area contributed by atoms with Crippen LogP contribution in [-0.2, 0) is 40.1 Å². The van der Waals surface area contributed by atoms with Crippen LogP contribution in [0.25, 0.3) is 0 Å². The number of nitrogens with zero attached hydrogens (tertiary/aromatic N) is 1. The average molecular weight is 520 g/mol. The van der Waals surface area contributed by atoms with Crippen LogP contribution >= 0.6 is 0 Å². The first-order valence-electron chi connectivity index (χ1n) is 11.5. The Balaban J connectivity index is 2.77. The van der Waals surface area contributed by atoms with Gasteiger partial charge < -0.3 is 25.8 Å². The molecule has 0 heterocycles. The van der Waals surface area contributed by atoms with Gasteiger partial charge in [0.25, 0.3) is 11.8 Å². The molecule has 0 unspecified atom stereocenters. The molecular weight excluding hydrogens is 486 g/mol. The highest BCUT2D eigenvalue weighted by Crippen LogP contribution is 2.05. The molecule has 0 spiro atoms. The Morgan fingerprint density at radius 1 is 0.946 bits per heavy atom. The lowest BCUT2D eigenvalue weighted by Crippen LogP contribution is -2.59. The fraction of sp³-hybridized carbons (Fsp3) is 0.417. The third-order valence-corrected chi connectivity index (χ3v) is 4.66. The third kappa shape index (κ3) is 11.7. The third-order valence-electron chi connectivity index (χ3n) is 4.66. The number of esters is 1. The Labute approximate surface area is 214 Å². The fourth-order valence-electron chi connectivity index (χ4n) is 2.77. The van der Waals surface area contributed by atoms with Gasteiger partial charge in [-0.25, -0.2) is 14.6 Å². The molecule has 5 amide bonds. The molecule has 0 aliphatic heterocycles. The number of ether oxygens (including phenoxy) is 2. The molecule has 0 aliphatic carbocycles. The molecule has 0 fully saturated rings. The number of alkyl carbamates (subject to hydrolysis) is 1. The summed E-state index contributed by atoms with van der Waals surface area (Å²) in [6.07, 6.45) is 0.804. The van der Waals surface area contributed by atoms with Crippen molar-refractivity contribution in [1.29, 1.82) is 0 Å². The first-order valence-corrected chi connectivity index (χ1v) is 11.5. The number of carbonyl (C=O) groups is 6. The summed E-state index contributed by atoms with van der Waals surface area (Å²) in [7, 11) is 0. The molecule has 2 atom stereocenters. The number of nitrogens with one attached hydrogen (secondary N) is 3. The molecule has 1 rings (SSSR count).